The summed E-state index contributed by atoms with van der Waals surface area (Å²) in [5.41, 5.74) is 3.55. The summed E-state index contributed by atoms with van der Waals surface area (Å²) in [4.78, 5) is 3.94. The van der Waals surface area contributed by atoms with Gasteiger partial charge in [-0.3, -0.25) is 4.99 Å². The molecule has 0 aromatic carbocycles. The van der Waals surface area contributed by atoms with Crippen LogP contribution in [0.3, 0.4) is 0 Å². The quantitative estimate of drug-likeness (QED) is 0.270. The number of nitrogens with zero attached hydrogens (tertiary/aromatic N) is 1. The van der Waals surface area contributed by atoms with E-state index in [-0.39, 0.29) is 0 Å². The minimum atomic E-state index is 0.723. The van der Waals surface area contributed by atoms with Crippen LogP contribution in [0.25, 0.3) is 0 Å². The molecule has 0 bridgehead atoms. The number of amidine groups is 1. The van der Waals surface area contributed by atoms with Crippen LogP contribution in [0.1, 0.15) is 5.56 Å². The summed E-state index contributed by atoms with van der Waals surface area (Å²) < 4.78 is 0. The molecule has 3 nitrogen and oxygen atoms in total. The summed E-state index contributed by atoms with van der Waals surface area (Å²) in [6.45, 7) is 0. The lowest BCUT2D eigenvalue weighted by atomic mass is 10.3. The fraction of sp³-hybridized carbons (Fsp3) is 0.167. The molecule has 0 aliphatic carbocycles. The van der Waals surface area contributed by atoms with Crippen molar-refractivity contribution >= 4 is 17.2 Å². The third kappa shape index (κ3) is 1.34. The van der Waals surface area contributed by atoms with Gasteiger partial charge in [-0.1, -0.05) is 0 Å². The molecule has 0 unspecified atom stereocenters. The number of thiophene rings is 1. The van der Waals surface area contributed by atoms with Crippen LogP contribution in [0, 0.1) is 0 Å². The lowest BCUT2D eigenvalue weighted by Gasteiger charge is -1.98. The molecule has 0 aliphatic rings. The van der Waals surface area contributed by atoms with Gasteiger partial charge in [0, 0.05) is 18.0 Å². The Labute approximate surface area is 63.6 Å². The van der Waals surface area contributed by atoms with Gasteiger partial charge in [-0.15, -0.1) is 0 Å². The minimum Gasteiger partial charge on any atom is -0.308 e. The molecule has 10 heavy (non-hydrogen) atoms. The van der Waals surface area contributed by atoms with Gasteiger partial charge in [0.15, 0.2) is 0 Å². The highest BCUT2D eigenvalue weighted by molar-refractivity contribution is 7.08. The van der Waals surface area contributed by atoms with E-state index in [0.717, 1.165) is 11.4 Å². The van der Waals surface area contributed by atoms with Gasteiger partial charge in [0.1, 0.15) is 5.84 Å². The molecule has 3 N–H and O–H groups in total. The Morgan fingerprint density at radius 1 is 1.80 bits per heavy atom. The molecule has 0 saturated carbocycles. The maximum atomic E-state index is 5.20. The minimum absolute atomic E-state index is 0.723. The van der Waals surface area contributed by atoms with E-state index in [9.17, 15) is 0 Å². The maximum Gasteiger partial charge on any atom is 0.143 e. The van der Waals surface area contributed by atoms with Crippen LogP contribution in [0.5, 0.6) is 0 Å². The molecule has 0 saturated heterocycles. The zero-order valence-corrected chi connectivity index (χ0v) is 6.48. The van der Waals surface area contributed by atoms with Crippen LogP contribution >= 0.6 is 11.3 Å². The molecule has 0 amide bonds. The van der Waals surface area contributed by atoms with Gasteiger partial charge in [0.25, 0.3) is 0 Å². The first kappa shape index (κ1) is 7.24. The summed E-state index contributed by atoms with van der Waals surface area (Å²) in [6, 6.07) is 1.97. The Hall–Kier alpha value is -0.870. The number of hydrazine groups is 1. The highest BCUT2D eigenvalue weighted by atomic mass is 32.1. The Kier molecular flexibility index (Phi) is 2.42. The lowest BCUT2D eigenvalue weighted by Crippen LogP contribution is -2.30. The second-order valence-corrected chi connectivity index (χ2v) is 2.51. The molecule has 1 aromatic rings. The van der Waals surface area contributed by atoms with Crippen molar-refractivity contribution in [3.8, 4) is 0 Å². The van der Waals surface area contributed by atoms with E-state index in [4.69, 9.17) is 5.84 Å². The number of rotatable bonds is 1. The second kappa shape index (κ2) is 3.34. The number of hydrogen-bond donors (Lipinski definition) is 2. The van der Waals surface area contributed by atoms with Crippen molar-refractivity contribution < 1.29 is 0 Å². The standard InChI is InChI=1S/C6H9N3S/c1-8-6(9-7)5-2-3-10-4-5/h2-4H,7H2,1H3,(H,8,9). The first-order valence-electron chi connectivity index (χ1n) is 2.84. The van der Waals surface area contributed by atoms with E-state index in [2.05, 4.69) is 10.4 Å². The third-order valence-electron chi connectivity index (χ3n) is 1.15. The molecule has 0 atom stereocenters. The highest BCUT2D eigenvalue weighted by Gasteiger charge is 1.97. The number of nitrogens with one attached hydrogen (secondary N) is 1. The van der Waals surface area contributed by atoms with Gasteiger partial charge >= 0.3 is 0 Å². The molecule has 0 fully saturated rings. The van der Waals surface area contributed by atoms with Gasteiger partial charge in [0.2, 0.25) is 0 Å². The van der Waals surface area contributed by atoms with Gasteiger partial charge in [-0.05, 0) is 11.4 Å². The van der Waals surface area contributed by atoms with E-state index in [0.29, 0.717) is 0 Å². The van der Waals surface area contributed by atoms with Crippen LogP contribution in [-0.2, 0) is 0 Å². The van der Waals surface area contributed by atoms with Crippen molar-refractivity contribution in [2.45, 2.75) is 0 Å². The number of aliphatic imine (C=N–C) groups is 1. The Morgan fingerprint density at radius 3 is 3.00 bits per heavy atom. The lowest BCUT2D eigenvalue weighted by molar-refractivity contribution is 1.02. The van der Waals surface area contributed by atoms with Crippen molar-refractivity contribution in [2.24, 2.45) is 10.8 Å². The Balaban J connectivity index is 2.85. The van der Waals surface area contributed by atoms with Crippen molar-refractivity contribution in [3.63, 3.8) is 0 Å². The van der Waals surface area contributed by atoms with Gasteiger partial charge in [-0.25, -0.2) is 5.84 Å². The van der Waals surface area contributed by atoms with E-state index in [1.807, 2.05) is 16.8 Å². The predicted octanol–water partition coefficient (Wildman–Crippen LogP) is 0.588. The van der Waals surface area contributed by atoms with Crippen LogP contribution in [-0.4, -0.2) is 12.9 Å². The molecular weight excluding hydrogens is 146 g/mol. The average Bonchev–Trinajstić information content (AvgIpc) is 2.43. The molecule has 0 aliphatic heterocycles. The molecule has 1 heterocycles. The number of hydrogen-bond acceptors (Lipinski definition) is 3. The van der Waals surface area contributed by atoms with E-state index < -0.39 is 0 Å². The largest absolute Gasteiger partial charge is 0.308 e. The molecule has 1 aromatic heterocycles. The van der Waals surface area contributed by atoms with Crippen LogP contribution in [0.15, 0.2) is 21.8 Å². The smallest absolute Gasteiger partial charge is 0.143 e. The zero-order valence-electron chi connectivity index (χ0n) is 5.66. The second-order valence-electron chi connectivity index (χ2n) is 1.73. The van der Waals surface area contributed by atoms with Crippen molar-refractivity contribution in [3.05, 3.63) is 22.4 Å². The summed E-state index contributed by atoms with van der Waals surface area (Å²) in [5, 5.41) is 3.97. The van der Waals surface area contributed by atoms with Crippen molar-refractivity contribution in [1.82, 2.24) is 5.43 Å². The highest BCUT2D eigenvalue weighted by Crippen LogP contribution is 2.05. The average molecular weight is 155 g/mol. The van der Waals surface area contributed by atoms with Gasteiger partial charge in [-0.2, -0.15) is 11.3 Å². The fourth-order valence-corrected chi connectivity index (χ4v) is 1.32. The van der Waals surface area contributed by atoms with E-state index in [1.165, 1.54) is 0 Å². The van der Waals surface area contributed by atoms with Crippen molar-refractivity contribution in [1.29, 1.82) is 0 Å². The Bertz CT molecular complexity index is 215. The molecule has 4 heteroatoms. The normalized spacial score (nSPS) is 11.6. The third-order valence-corrected chi connectivity index (χ3v) is 1.84. The summed E-state index contributed by atoms with van der Waals surface area (Å²) in [7, 11) is 1.70. The summed E-state index contributed by atoms with van der Waals surface area (Å²) in [5.74, 6) is 5.92. The zero-order chi connectivity index (χ0) is 7.40. The van der Waals surface area contributed by atoms with Crippen LogP contribution < -0.4 is 11.3 Å². The van der Waals surface area contributed by atoms with Crippen molar-refractivity contribution in [2.75, 3.05) is 7.05 Å². The molecule has 54 valence electrons. The summed E-state index contributed by atoms with van der Waals surface area (Å²) in [6.07, 6.45) is 0. The summed E-state index contributed by atoms with van der Waals surface area (Å²) >= 11 is 1.62. The fourth-order valence-electron chi connectivity index (χ4n) is 0.676. The predicted molar refractivity (Wildman–Crippen MR) is 44.1 cm³/mol. The van der Waals surface area contributed by atoms with E-state index >= 15 is 0 Å². The van der Waals surface area contributed by atoms with Gasteiger partial charge in [0.05, 0.1) is 0 Å². The van der Waals surface area contributed by atoms with E-state index in [1.54, 1.807) is 18.4 Å². The topological polar surface area (TPSA) is 50.4 Å². The maximum absolute atomic E-state index is 5.20. The first-order valence-corrected chi connectivity index (χ1v) is 3.78. The Morgan fingerprint density at radius 2 is 2.60 bits per heavy atom. The number of nitrogens with two attached hydrogens (primary N) is 1. The monoisotopic (exact) mass is 155 g/mol. The molecule has 0 spiro atoms. The first-order chi connectivity index (χ1) is 4.88. The molecule has 0 radical (unpaired) electrons. The SMILES string of the molecule is CN=C(NN)c1ccsc1. The molecular formula is C6H9N3S. The van der Waals surface area contributed by atoms with Crippen LogP contribution in [0.4, 0.5) is 0 Å². The van der Waals surface area contributed by atoms with Crippen LogP contribution in [0.2, 0.25) is 0 Å². The van der Waals surface area contributed by atoms with Gasteiger partial charge < -0.3 is 5.43 Å². The molecule has 1 rings (SSSR count).